The molecule has 2 aromatic carbocycles. The molecule has 2 saturated carbocycles. The van der Waals surface area contributed by atoms with Gasteiger partial charge in [-0.25, -0.2) is 0 Å². The summed E-state index contributed by atoms with van der Waals surface area (Å²) in [5, 5.41) is 53.8. The topological polar surface area (TPSA) is 154 Å². The SMILES string of the molecule is CC(C)OC(=O)CCC/C=C\C[C@@H]1[C@@H](CC[C@H](CCc2ccccc2)OC(=O)CCCC=CC[C@@H]2[C@@H](CC[C@@H](O)CCc3ccccc3)[C@H](O)C[C@@H]2O)[C@H](O)C[C@@H]1O. The fraction of sp³-hybridized carbons (Fsp3) is 0.633. The highest BCUT2D eigenvalue weighted by Crippen LogP contribution is 2.40. The molecular formula is C49H72O9. The van der Waals surface area contributed by atoms with E-state index in [1.165, 1.54) is 11.1 Å². The molecule has 9 nitrogen and oxygen atoms in total. The molecule has 0 unspecified atom stereocenters. The second kappa shape index (κ2) is 26.0. The minimum Gasteiger partial charge on any atom is -0.463 e. The van der Waals surface area contributed by atoms with Gasteiger partial charge < -0.3 is 35.0 Å². The second-order valence-corrected chi connectivity index (χ2v) is 17.1. The van der Waals surface area contributed by atoms with Crippen molar-refractivity contribution in [3.05, 3.63) is 96.1 Å². The number of esters is 2. The zero-order valence-corrected chi connectivity index (χ0v) is 35.0. The van der Waals surface area contributed by atoms with Gasteiger partial charge in [0.15, 0.2) is 0 Å². The molecule has 2 aliphatic carbocycles. The van der Waals surface area contributed by atoms with Crippen molar-refractivity contribution in [3.8, 4) is 0 Å². The van der Waals surface area contributed by atoms with E-state index in [1.807, 2.05) is 68.5 Å². The monoisotopic (exact) mass is 805 g/mol. The van der Waals surface area contributed by atoms with Gasteiger partial charge in [0, 0.05) is 12.8 Å². The number of aliphatic hydroxyl groups is 5. The van der Waals surface area contributed by atoms with Gasteiger partial charge in [-0.15, -0.1) is 0 Å². The van der Waals surface area contributed by atoms with Gasteiger partial charge in [0.05, 0.1) is 36.6 Å². The smallest absolute Gasteiger partial charge is 0.306 e. The number of unbranched alkanes of at least 4 members (excludes halogenated alkanes) is 2. The van der Waals surface area contributed by atoms with Crippen LogP contribution in [0.1, 0.15) is 128 Å². The molecule has 0 spiro atoms. The van der Waals surface area contributed by atoms with Crippen LogP contribution >= 0.6 is 0 Å². The second-order valence-electron chi connectivity index (χ2n) is 17.1. The fourth-order valence-electron chi connectivity index (χ4n) is 8.97. The number of aryl methyl sites for hydroxylation is 2. The Morgan fingerprint density at radius 1 is 0.603 bits per heavy atom. The zero-order valence-electron chi connectivity index (χ0n) is 35.0. The first-order valence-electron chi connectivity index (χ1n) is 22.2. The van der Waals surface area contributed by atoms with Crippen LogP contribution in [0.25, 0.3) is 0 Å². The number of carbonyl (C=O) groups is 2. The molecule has 5 N–H and O–H groups in total. The molecule has 2 fully saturated rings. The van der Waals surface area contributed by atoms with Crippen molar-refractivity contribution in [2.75, 3.05) is 0 Å². The number of allylic oxidation sites excluding steroid dienone is 4. The standard InChI is InChI=1S/C49H72O9/c1-35(2)57-48(55)23-15-5-3-14-22-41-43(47(54)34-45(41)52)32-30-39(29-26-37-19-11-8-12-20-37)58-49(56)24-16-6-4-13-21-40-42(46(53)33-44(40)51)31-28-38(50)27-25-36-17-9-7-10-18-36/h3-4,7-14,17-20,35,38-47,50-54H,5-6,15-16,21-34H2,1-2H3/b13-4?,14-3-/t38-,39-,40+,41+,42+,43+,44-,45-,46+,47+/m0/s1. The van der Waals surface area contributed by atoms with Crippen LogP contribution < -0.4 is 0 Å². The summed E-state index contributed by atoms with van der Waals surface area (Å²) in [7, 11) is 0. The summed E-state index contributed by atoms with van der Waals surface area (Å²) in [4.78, 5) is 24.9. The lowest BCUT2D eigenvalue weighted by atomic mass is 9.85. The summed E-state index contributed by atoms with van der Waals surface area (Å²) < 4.78 is 11.3. The highest BCUT2D eigenvalue weighted by molar-refractivity contribution is 5.69. The Balaban J connectivity index is 1.20. The van der Waals surface area contributed by atoms with Crippen molar-refractivity contribution in [2.45, 2.75) is 172 Å². The van der Waals surface area contributed by atoms with Crippen LogP contribution in [0.3, 0.4) is 0 Å². The summed E-state index contributed by atoms with van der Waals surface area (Å²) in [6.07, 6.45) is 15.8. The van der Waals surface area contributed by atoms with Crippen LogP contribution in [-0.2, 0) is 31.9 Å². The third-order valence-corrected chi connectivity index (χ3v) is 12.2. The number of benzene rings is 2. The first-order valence-corrected chi connectivity index (χ1v) is 22.2. The van der Waals surface area contributed by atoms with Crippen LogP contribution in [0.15, 0.2) is 85.0 Å². The predicted octanol–water partition coefficient (Wildman–Crippen LogP) is 7.99. The Kier molecular flexibility index (Phi) is 21.2. The highest BCUT2D eigenvalue weighted by atomic mass is 16.5. The Bertz CT molecular complexity index is 1490. The lowest BCUT2D eigenvalue weighted by Crippen LogP contribution is -2.25. The molecule has 10 atom stereocenters. The van der Waals surface area contributed by atoms with Crippen LogP contribution in [-0.4, -0.2) is 80.2 Å². The van der Waals surface area contributed by atoms with E-state index < -0.39 is 30.5 Å². The van der Waals surface area contributed by atoms with Crippen molar-refractivity contribution in [3.63, 3.8) is 0 Å². The third kappa shape index (κ3) is 17.1. The third-order valence-electron chi connectivity index (χ3n) is 12.2. The van der Waals surface area contributed by atoms with Gasteiger partial charge in [-0.05, 0) is 151 Å². The quantitative estimate of drug-likeness (QED) is 0.0362. The number of carbonyl (C=O) groups excluding carboxylic acids is 2. The van der Waals surface area contributed by atoms with E-state index in [1.54, 1.807) is 0 Å². The van der Waals surface area contributed by atoms with Crippen LogP contribution in [0.2, 0.25) is 0 Å². The average Bonchev–Trinajstić information content (AvgIpc) is 3.63. The van der Waals surface area contributed by atoms with Gasteiger partial charge in [-0.2, -0.15) is 0 Å². The largest absolute Gasteiger partial charge is 0.463 e. The molecule has 322 valence electrons. The molecule has 58 heavy (non-hydrogen) atoms. The van der Waals surface area contributed by atoms with Crippen molar-refractivity contribution in [1.82, 2.24) is 0 Å². The molecule has 0 radical (unpaired) electrons. The molecule has 2 aliphatic rings. The maximum Gasteiger partial charge on any atom is 0.306 e. The molecule has 0 bridgehead atoms. The van der Waals surface area contributed by atoms with Gasteiger partial charge in [0.25, 0.3) is 0 Å². The number of hydrogen-bond acceptors (Lipinski definition) is 9. The highest BCUT2D eigenvalue weighted by Gasteiger charge is 2.42. The molecule has 0 aliphatic heterocycles. The summed E-state index contributed by atoms with van der Waals surface area (Å²) in [6.45, 7) is 3.68. The van der Waals surface area contributed by atoms with E-state index in [0.717, 1.165) is 19.3 Å². The normalized spacial score (nSPS) is 25.8. The van der Waals surface area contributed by atoms with Crippen LogP contribution in [0.5, 0.6) is 0 Å². The Hall–Kier alpha value is -3.34. The van der Waals surface area contributed by atoms with Gasteiger partial charge >= 0.3 is 11.9 Å². The first kappa shape index (κ1) is 47.3. The van der Waals surface area contributed by atoms with Gasteiger partial charge in [0.2, 0.25) is 0 Å². The molecule has 2 aromatic rings. The Morgan fingerprint density at radius 3 is 1.55 bits per heavy atom. The molecular weight excluding hydrogens is 733 g/mol. The van der Waals surface area contributed by atoms with Crippen molar-refractivity contribution in [2.24, 2.45) is 23.7 Å². The van der Waals surface area contributed by atoms with Crippen molar-refractivity contribution in [1.29, 1.82) is 0 Å². The van der Waals surface area contributed by atoms with E-state index >= 15 is 0 Å². The molecule has 0 heterocycles. The number of rotatable bonds is 26. The van der Waals surface area contributed by atoms with Gasteiger partial charge in [-0.1, -0.05) is 85.0 Å². The summed E-state index contributed by atoms with van der Waals surface area (Å²) in [5.74, 6) is -0.751. The van der Waals surface area contributed by atoms with Gasteiger partial charge in [-0.3, -0.25) is 9.59 Å². The molecule has 9 heteroatoms. The average molecular weight is 805 g/mol. The van der Waals surface area contributed by atoms with Gasteiger partial charge in [0.1, 0.15) is 6.10 Å². The van der Waals surface area contributed by atoms with E-state index in [-0.39, 0.29) is 54.2 Å². The predicted molar refractivity (Wildman–Crippen MR) is 228 cm³/mol. The van der Waals surface area contributed by atoms with E-state index in [9.17, 15) is 35.1 Å². The molecule has 4 rings (SSSR count). The number of ether oxygens (including phenoxy) is 2. The fourth-order valence-corrected chi connectivity index (χ4v) is 8.97. The van der Waals surface area contributed by atoms with Crippen molar-refractivity contribution < 1.29 is 44.6 Å². The van der Waals surface area contributed by atoms with Crippen molar-refractivity contribution >= 4 is 11.9 Å². The lowest BCUT2D eigenvalue weighted by molar-refractivity contribution is -0.150. The summed E-state index contributed by atoms with van der Waals surface area (Å²) >= 11 is 0. The van der Waals surface area contributed by atoms with E-state index in [0.29, 0.717) is 89.9 Å². The Morgan fingerprint density at radius 2 is 1.05 bits per heavy atom. The molecule has 0 aromatic heterocycles. The minimum atomic E-state index is -0.614. The van der Waals surface area contributed by atoms with Crippen LogP contribution in [0.4, 0.5) is 0 Å². The summed E-state index contributed by atoms with van der Waals surface area (Å²) in [6, 6.07) is 20.2. The number of hydrogen-bond donors (Lipinski definition) is 5. The minimum absolute atomic E-state index is 0.0626. The maximum absolute atomic E-state index is 13.1. The zero-order chi connectivity index (χ0) is 41.7. The Labute approximate surface area is 347 Å². The maximum atomic E-state index is 13.1. The van der Waals surface area contributed by atoms with E-state index in [4.69, 9.17) is 9.47 Å². The summed E-state index contributed by atoms with van der Waals surface area (Å²) in [5.41, 5.74) is 2.37. The van der Waals surface area contributed by atoms with Crippen LogP contribution in [0, 0.1) is 23.7 Å². The first-order chi connectivity index (χ1) is 28.0. The lowest BCUT2D eigenvalue weighted by Gasteiger charge is -2.25. The number of aliphatic hydroxyl groups excluding tert-OH is 5. The van der Waals surface area contributed by atoms with E-state index in [2.05, 4.69) is 30.3 Å². The molecule has 0 saturated heterocycles. The molecule has 0 amide bonds.